The van der Waals surface area contributed by atoms with E-state index in [2.05, 4.69) is 32.6 Å². The molecule has 0 spiro atoms. The van der Waals surface area contributed by atoms with Crippen molar-refractivity contribution in [2.45, 2.75) is 20.3 Å². The fraction of sp³-hybridized carbons (Fsp3) is 0.150. The molecule has 112 valence electrons. The van der Waals surface area contributed by atoms with Crippen LogP contribution in [0, 0.1) is 13.8 Å². The van der Waals surface area contributed by atoms with E-state index in [1.807, 2.05) is 30.3 Å². The second-order valence-electron chi connectivity index (χ2n) is 5.32. The van der Waals surface area contributed by atoms with Gasteiger partial charge in [0.1, 0.15) is 0 Å². The molecule has 0 aliphatic rings. The summed E-state index contributed by atoms with van der Waals surface area (Å²) in [6, 6.07) is 12.2. The van der Waals surface area contributed by atoms with Gasteiger partial charge in [0, 0.05) is 6.08 Å². The second kappa shape index (κ2) is 6.90. The summed E-state index contributed by atoms with van der Waals surface area (Å²) in [6.07, 6.45) is 5.54. The highest BCUT2D eigenvalue weighted by molar-refractivity contribution is 5.85. The maximum Gasteiger partial charge on any atom is 0.328 e. The lowest BCUT2D eigenvalue weighted by Crippen LogP contribution is -1.95. The van der Waals surface area contributed by atoms with Crippen LogP contribution in [-0.2, 0) is 11.2 Å². The first-order valence-electron chi connectivity index (χ1n) is 7.24. The Morgan fingerprint density at radius 3 is 2.68 bits per heavy atom. The van der Waals surface area contributed by atoms with Crippen molar-refractivity contribution in [3.63, 3.8) is 0 Å². The zero-order valence-corrected chi connectivity index (χ0v) is 13.0. The molecule has 2 nitrogen and oxygen atoms in total. The highest BCUT2D eigenvalue weighted by atomic mass is 16.4. The number of carboxylic acid groups (broad SMARTS) is 1. The van der Waals surface area contributed by atoms with Gasteiger partial charge in [-0.2, -0.15) is 0 Å². The molecule has 0 saturated carbocycles. The molecule has 0 aromatic heterocycles. The number of rotatable bonds is 5. The van der Waals surface area contributed by atoms with Crippen molar-refractivity contribution in [3.8, 4) is 11.1 Å². The van der Waals surface area contributed by atoms with Gasteiger partial charge in [-0.05, 0) is 65.8 Å². The Morgan fingerprint density at radius 2 is 2.00 bits per heavy atom. The smallest absolute Gasteiger partial charge is 0.328 e. The molecule has 0 unspecified atom stereocenters. The van der Waals surface area contributed by atoms with Crippen molar-refractivity contribution in [2.24, 2.45) is 0 Å². The first kappa shape index (κ1) is 15.8. The van der Waals surface area contributed by atoms with Crippen LogP contribution in [0.5, 0.6) is 0 Å². The fourth-order valence-electron chi connectivity index (χ4n) is 2.64. The molecule has 2 heteroatoms. The van der Waals surface area contributed by atoms with Crippen LogP contribution in [0.15, 0.2) is 55.1 Å². The number of hydrogen-bond acceptors (Lipinski definition) is 1. The molecule has 0 aliphatic carbocycles. The molecule has 0 saturated heterocycles. The summed E-state index contributed by atoms with van der Waals surface area (Å²) in [5.74, 6) is -0.940. The van der Waals surface area contributed by atoms with Gasteiger partial charge >= 0.3 is 5.97 Å². The summed E-state index contributed by atoms with van der Waals surface area (Å²) in [5, 5.41) is 8.74. The summed E-state index contributed by atoms with van der Waals surface area (Å²) in [7, 11) is 0. The molecule has 2 rings (SSSR count). The average molecular weight is 292 g/mol. The normalized spacial score (nSPS) is 10.8. The van der Waals surface area contributed by atoms with Crippen molar-refractivity contribution in [3.05, 3.63) is 77.4 Å². The first-order valence-corrected chi connectivity index (χ1v) is 7.24. The minimum Gasteiger partial charge on any atom is -0.478 e. The molecule has 22 heavy (non-hydrogen) atoms. The van der Waals surface area contributed by atoms with Gasteiger partial charge in [0.15, 0.2) is 0 Å². The van der Waals surface area contributed by atoms with E-state index in [1.54, 1.807) is 6.08 Å². The number of aliphatic carboxylic acids is 1. The highest BCUT2D eigenvalue weighted by Gasteiger charge is 2.08. The van der Waals surface area contributed by atoms with Crippen molar-refractivity contribution < 1.29 is 9.90 Å². The van der Waals surface area contributed by atoms with E-state index in [1.165, 1.54) is 22.3 Å². The maximum atomic E-state index is 10.6. The molecule has 2 aromatic carbocycles. The lowest BCUT2D eigenvalue weighted by Gasteiger charge is -2.14. The van der Waals surface area contributed by atoms with E-state index in [4.69, 9.17) is 5.11 Å². The zero-order chi connectivity index (χ0) is 16.1. The van der Waals surface area contributed by atoms with Crippen LogP contribution in [0.4, 0.5) is 0 Å². The third-order valence-corrected chi connectivity index (χ3v) is 3.80. The SMILES string of the molecule is C=CCc1c(C)ccc(-c2cccc(/C=C/C(=O)O)c2)c1C. The maximum absolute atomic E-state index is 10.6. The molecule has 0 aliphatic heterocycles. The zero-order valence-electron chi connectivity index (χ0n) is 13.0. The molecule has 0 radical (unpaired) electrons. The predicted molar refractivity (Wildman–Crippen MR) is 91.9 cm³/mol. The summed E-state index contributed by atoms with van der Waals surface area (Å²) < 4.78 is 0. The largest absolute Gasteiger partial charge is 0.478 e. The van der Waals surface area contributed by atoms with Gasteiger partial charge in [0.25, 0.3) is 0 Å². The van der Waals surface area contributed by atoms with Crippen LogP contribution in [0.2, 0.25) is 0 Å². The second-order valence-corrected chi connectivity index (χ2v) is 5.32. The number of carboxylic acids is 1. The number of benzene rings is 2. The van der Waals surface area contributed by atoms with E-state index >= 15 is 0 Å². The Labute approximate surface area is 131 Å². The summed E-state index contributed by atoms with van der Waals surface area (Å²) in [5.41, 5.74) is 6.97. The topological polar surface area (TPSA) is 37.3 Å². The minimum atomic E-state index is -0.940. The molecular weight excluding hydrogens is 272 g/mol. The Bertz CT molecular complexity index is 739. The van der Waals surface area contributed by atoms with Crippen molar-refractivity contribution in [1.29, 1.82) is 0 Å². The number of carbonyl (C=O) groups is 1. The summed E-state index contributed by atoms with van der Waals surface area (Å²) in [4.78, 5) is 10.6. The van der Waals surface area contributed by atoms with E-state index in [-0.39, 0.29) is 0 Å². The van der Waals surface area contributed by atoms with Crippen LogP contribution in [0.3, 0.4) is 0 Å². The standard InChI is InChI=1S/C20H20O2/c1-4-6-18-14(2)9-11-19(15(18)3)17-8-5-7-16(13-17)10-12-20(21)22/h4-5,7-13H,1,6H2,2-3H3,(H,21,22)/b12-10+. The van der Waals surface area contributed by atoms with Gasteiger partial charge in [-0.15, -0.1) is 6.58 Å². The Hall–Kier alpha value is -2.61. The number of allylic oxidation sites excluding steroid dienone is 1. The molecule has 2 aromatic rings. The fourth-order valence-corrected chi connectivity index (χ4v) is 2.64. The Morgan fingerprint density at radius 1 is 1.23 bits per heavy atom. The van der Waals surface area contributed by atoms with Crippen molar-refractivity contribution in [1.82, 2.24) is 0 Å². The summed E-state index contributed by atoms with van der Waals surface area (Å²) in [6.45, 7) is 8.07. The predicted octanol–water partition coefficient (Wildman–Crippen LogP) is 4.80. The minimum absolute atomic E-state index is 0.851. The van der Waals surface area contributed by atoms with Gasteiger partial charge in [-0.1, -0.05) is 36.4 Å². The Kier molecular flexibility index (Phi) is 4.95. The highest BCUT2D eigenvalue weighted by Crippen LogP contribution is 2.29. The van der Waals surface area contributed by atoms with Crippen LogP contribution in [-0.4, -0.2) is 11.1 Å². The van der Waals surface area contributed by atoms with Crippen LogP contribution in [0.1, 0.15) is 22.3 Å². The van der Waals surface area contributed by atoms with Crippen LogP contribution in [0.25, 0.3) is 17.2 Å². The average Bonchev–Trinajstić information content (AvgIpc) is 2.50. The lowest BCUT2D eigenvalue weighted by atomic mass is 9.91. The molecule has 1 N–H and O–H groups in total. The van der Waals surface area contributed by atoms with E-state index in [0.29, 0.717) is 0 Å². The van der Waals surface area contributed by atoms with Crippen LogP contribution >= 0.6 is 0 Å². The van der Waals surface area contributed by atoms with Crippen LogP contribution < -0.4 is 0 Å². The quantitative estimate of drug-likeness (QED) is 0.635. The van der Waals surface area contributed by atoms with Crippen molar-refractivity contribution in [2.75, 3.05) is 0 Å². The van der Waals surface area contributed by atoms with Crippen molar-refractivity contribution >= 4 is 12.0 Å². The van der Waals surface area contributed by atoms with Gasteiger partial charge in [0.05, 0.1) is 0 Å². The first-order chi connectivity index (χ1) is 10.5. The molecule has 0 heterocycles. The molecule has 0 amide bonds. The summed E-state index contributed by atoms with van der Waals surface area (Å²) >= 11 is 0. The molecule has 0 bridgehead atoms. The number of aryl methyl sites for hydroxylation is 1. The van der Waals surface area contributed by atoms with E-state index < -0.39 is 5.97 Å². The third-order valence-electron chi connectivity index (χ3n) is 3.80. The van der Waals surface area contributed by atoms with E-state index in [0.717, 1.165) is 23.6 Å². The third kappa shape index (κ3) is 3.53. The Balaban J connectivity index is 2.48. The van der Waals surface area contributed by atoms with Gasteiger partial charge < -0.3 is 5.11 Å². The monoisotopic (exact) mass is 292 g/mol. The lowest BCUT2D eigenvalue weighted by molar-refractivity contribution is -0.131. The molecule has 0 fully saturated rings. The molecule has 0 atom stereocenters. The van der Waals surface area contributed by atoms with Gasteiger partial charge in [0.2, 0.25) is 0 Å². The molecular formula is C20H20O2. The van der Waals surface area contributed by atoms with Gasteiger partial charge in [-0.25, -0.2) is 4.79 Å². The van der Waals surface area contributed by atoms with Gasteiger partial charge in [-0.3, -0.25) is 0 Å². The van der Waals surface area contributed by atoms with E-state index in [9.17, 15) is 4.79 Å². The number of hydrogen-bond donors (Lipinski definition) is 1.